The van der Waals surface area contributed by atoms with Gasteiger partial charge in [-0.3, -0.25) is 14.8 Å². The molecule has 1 saturated heterocycles. The molecule has 2 rings (SSSR count). The summed E-state index contributed by atoms with van der Waals surface area (Å²) in [5.74, 6) is 0.346. The van der Waals surface area contributed by atoms with E-state index in [1.165, 1.54) is 12.4 Å². The zero-order valence-corrected chi connectivity index (χ0v) is 8.50. The summed E-state index contributed by atoms with van der Waals surface area (Å²) in [6, 6.07) is 0.215. The summed E-state index contributed by atoms with van der Waals surface area (Å²) in [7, 11) is 0. The van der Waals surface area contributed by atoms with Crippen molar-refractivity contribution in [3.05, 3.63) is 22.5 Å². The molecule has 82 valence electrons. The molecular formula is C9H13N3O3. The van der Waals surface area contributed by atoms with Gasteiger partial charge in [0.15, 0.2) is 0 Å². The lowest BCUT2D eigenvalue weighted by molar-refractivity contribution is -0.385. The van der Waals surface area contributed by atoms with Crippen LogP contribution in [0, 0.1) is 16.0 Å². The second-order valence-corrected chi connectivity index (χ2v) is 3.84. The molecule has 0 radical (unpaired) electrons. The maximum Gasteiger partial charge on any atom is 0.307 e. The first kappa shape index (κ1) is 10.1. The Morgan fingerprint density at radius 3 is 3.13 bits per heavy atom. The Bertz CT molecular complexity index is 363. The summed E-state index contributed by atoms with van der Waals surface area (Å²) in [5.41, 5.74) is 0.0497. The largest absolute Gasteiger partial charge is 0.381 e. The second-order valence-electron chi connectivity index (χ2n) is 3.84. The minimum atomic E-state index is -0.423. The van der Waals surface area contributed by atoms with Crippen molar-refractivity contribution in [1.29, 1.82) is 0 Å². The summed E-state index contributed by atoms with van der Waals surface area (Å²) >= 11 is 0. The maximum absolute atomic E-state index is 10.5. The summed E-state index contributed by atoms with van der Waals surface area (Å²) < 4.78 is 7.00. The Morgan fingerprint density at radius 2 is 2.53 bits per heavy atom. The number of hydrogen-bond acceptors (Lipinski definition) is 4. The molecule has 0 saturated carbocycles. The highest BCUT2D eigenvalue weighted by atomic mass is 16.6. The smallest absolute Gasteiger partial charge is 0.307 e. The van der Waals surface area contributed by atoms with Crippen LogP contribution in [0.15, 0.2) is 12.4 Å². The molecular weight excluding hydrogens is 198 g/mol. The summed E-state index contributed by atoms with van der Waals surface area (Å²) in [5, 5.41) is 14.5. The fourth-order valence-electron chi connectivity index (χ4n) is 1.87. The number of nitrogens with zero attached hydrogens (tertiary/aromatic N) is 3. The Labute approximate surface area is 87.0 Å². The molecule has 0 spiro atoms. The van der Waals surface area contributed by atoms with Crippen molar-refractivity contribution in [1.82, 2.24) is 9.78 Å². The number of hydrogen-bond donors (Lipinski definition) is 0. The van der Waals surface area contributed by atoms with E-state index in [0.29, 0.717) is 19.1 Å². The second kappa shape index (κ2) is 3.98. The topological polar surface area (TPSA) is 70.2 Å². The number of ether oxygens (including phenoxy) is 1. The molecule has 0 aromatic carbocycles. The van der Waals surface area contributed by atoms with Gasteiger partial charge in [-0.25, -0.2) is 0 Å². The highest BCUT2D eigenvalue weighted by molar-refractivity contribution is 5.21. The van der Waals surface area contributed by atoms with Crippen LogP contribution in [0.2, 0.25) is 0 Å². The van der Waals surface area contributed by atoms with Crippen LogP contribution in [0.3, 0.4) is 0 Å². The zero-order valence-electron chi connectivity index (χ0n) is 8.50. The molecule has 15 heavy (non-hydrogen) atoms. The molecule has 1 aromatic rings. The van der Waals surface area contributed by atoms with Crippen molar-refractivity contribution in [2.24, 2.45) is 5.92 Å². The van der Waals surface area contributed by atoms with Crippen LogP contribution in [-0.4, -0.2) is 27.9 Å². The van der Waals surface area contributed by atoms with E-state index in [9.17, 15) is 10.1 Å². The quantitative estimate of drug-likeness (QED) is 0.547. The number of rotatable bonds is 2. The standard InChI is InChI=1S/C9H13N3O3/c1-7-6-15-3-2-9(7)11-5-8(4-10-11)12(13)14/h4-5,7,9H,2-3,6H2,1H3. The average molecular weight is 211 g/mol. The average Bonchev–Trinajstić information content (AvgIpc) is 2.67. The highest BCUT2D eigenvalue weighted by Gasteiger charge is 2.25. The third-order valence-electron chi connectivity index (χ3n) is 2.73. The highest BCUT2D eigenvalue weighted by Crippen LogP contribution is 2.26. The van der Waals surface area contributed by atoms with Crippen molar-refractivity contribution in [3.8, 4) is 0 Å². The predicted octanol–water partition coefficient (Wildman–Crippen LogP) is 1.39. The molecule has 6 heteroatoms. The van der Waals surface area contributed by atoms with E-state index in [1.54, 1.807) is 4.68 Å². The van der Waals surface area contributed by atoms with Crippen LogP contribution < -0.4 is 0 Å². The first-order chi connectivity index (χ1) is 7.18. The van der Waals surface area contributed by atoms with Crippen LogP contribution in [0.4, 0.5) is 5.69 Å². The number of aromatic nitrogens is 2. The van der Waals surface area contributed by atoms with Crippen molar-refractivity contribution in [2.75, 3.05) is 13.2 Å². The van der Waals surface area contributed by atoms with Gasteiger partial charge in [-0.1, -0.05) is 6.92 Å². The van der Waals surface area contributed by atoms with Gasteiger partial charge in [-0.2, -0.15) is 5.10 Å². The molecule has 0 bridgehead atoms. The van der Waals surface area contributed by atoms with Crippen LogP contribution in [0.1, 0.15) is 19.4 Å². The molecule has 1 aromatic heterocycles. The summed E-state index contributed by atoms with van der Waals surface area (Å²) in [6.45, 7) is 3.46. The van der Waals surface area contributed by atoms with Crippen LogP contribution in [0.25, 0.3) is 0 Å². The monoisotopic (exact) mass is 211 g/mol. The molecule has 2 heterocycles. The van der Waals surface area contributed by atoms with E-state index in [0.717, 1.165) is 6.42 Å². The van der Waals surface area contributed by atoms with Gasteiger partial charge in [-0.05, 0) is 6.42 Å². The Hall–Kier alpha value is -1.43. The van der Waals surface area contributed by atoms with Crippen molar-refractivity contribution >= 4 is 5.69 Å². The minimum Gasteiger partial charge on any atom is -0.381 e. The molecule has 6 nitrogen and oxygen atoms in total. The van der Waals surface area contributed by atoms with Crippen LogP contribution in [-0.2, 0) is 4.74 Å². The van der Waals surface area contributed by atoms with E-state index in [2.05, 4.69) is 12.0 Å². The van der Waals surface area contributed by atoms with Gasteiger partial charge in [0.05, 0.1) is 17.6 Å². The van der Waals surface area contributed by atoms with E-state index in [1.807, 2.05) is 0 Å². The van der Waals surface area contributed by atoms with E-state index >= 15 is 0 Å². The van der Waals surface area contributed by atoms with E-state index in [4.69, 9.17) is 4.74 Å². The molecule has 1 aliphatic heterocycles. The summed E-state index contributed by atoms with van der Waals surface area (Å²) in [6.07, 6.45) is 3.65. The molecule has 2 atom stereocenters. The molecule has 0 N–H and O–H groups in total. The number of nitro groups is 1. The third kappa shape index (κ3) is 1.99. The fraction of sp³-hybridized carbons (Fsp3) is 0.667. The first-order valence-corrected chi connectivity index (χ1v) is 4.95. The van der Waals surface area contributed by atoms with Crippen molar-refractivity contribution in [2.45, 2.75) is 19.4 Å². The SMILES string of the molecule is CC1COCCC1n1cc([N+](=O)[O-])cn1. The molecule has 1 aliphatic rings. The molecule has 2 unspecified atom stereocenters. The Balaban J connectivity index is 2.17. The van der Waals surface area contributed by atoms with E-state index in [-0.39, 0.29) is 11.7 Å². The molecule has 0 aliphatic carbocycles. The molecule has 1 fully saturated rings. The minimum absolute atomic E-state index is 0.0497. The summed E-state index contributed by atoms with van der Waals surface area (Å²) in [4.78, 5) is 10.1. The predicted molar refractivity (Wildman–Crippen MR) is 52.5 cm³/mol. The van der Waals surface area contributed by atoms with Gasteiger partial charge in [0.1, 0.15) is 12.4 Å². The Kier molecular flexibility index (Phi) is 2.68. The fourth-order valence-corrected chi connectivity index (χ4v) is 1.87. The van der Waals surface area contributed by atoms with Gasteiger partial charge >= 0.3 is 5.69 Å². The van der Waals surface area contributed by atoms with Crippen molar-refractivity contribution in [3.63, 3.8) is 0 Å². The van der Waals surface area contributed by atoms with Gasteiger partial charge in [0, 0.05) is 12.5 Å². The van der Waals surface area contributed by atoms with Gasteiger partial charge < -0.3 is 4.74 Å². The first-order valence-electron chi connectivity index (χ1n) is 4.95. The van der Waals surface area contributed by atoms with Gasteiger partial charge in [-0.15, -0.1) is 0 Å². The van der Waals surface area contributed by atoms with E-state index < -0.39 is 4.92 Å². The third-order valence-corrected chi connectivity index (χ3v) is 2.73. The lowest BCUT2D eigenvalue weighted by atomic mass is 9.98. The van der Waals surface area contributed by atoms with Crippen molar-refractivity contribution < 1.29 is 9.66 Å². The molecule has 0 amide bonds. The van der Waals surface area contributed by atoms with Crippen LogP contribution in [0.5, 0.6) is 0 Å². The van der Waals surface area contributed by atoms with Crippen LogP contribution >= 0.6 is 0 Å². The zero-order chi connectivity index (χ0) is 10.8. The van der Waals surface area contributed by atoms with Gasteiger partial charge in [0.2, 0.25) is 0 Å². The normalized spacial score (nSPS) is 26.5. The van der Waals surface area contributed by atoms with Gasteiger partial charge in [0.25, 0.3) is 0 Å². The maximum atomic E-state index is 10.5. The Morgan fingerprint density at radius 1 is 1.73 bits per heavy atom. The lowest BCUT2D eigenvalue weighted by Gasteiger charge is -2.28. The lowest BCUT2D eigenvalue weighted by Crippen LogP contribution is -2.28.